The Labute approximate surface area is 174 Å². The van der Waals surface area contributed by atoms with Crippen LogP contribution in [0.25, 0.3) is 11.0 Å². The third-order valence-corrected chi connectivity index (χ3v) is 4.08. The summed E-state index contributed by atoms with van der Waals surface area (Å²) in [6.07, 6.45) is 3.11. The molecular formula is C22H16N2O3Zn. The molecule has 0 atom stereocenters. The van der Waals surface area contributed by atoms with Crippen LogP contribution in [0, 0.1) is 0 Å². The Morgan fingerprint density at radius 1 is 0.679 bits per heavy atom. The van der Waals surface area contributed by atoms with Crippen molar-refractivity contribution in [3.63, 3.8) is 0 Å². The molecule has 134 valence electrons. The Kier molecular flexibility index (Phi) is 6.02. The molecule has 4 rings (SSSR count). The van der Waals surface area contributed by atoms with E-state index < -0.39 is 0 Å². The number of hydrogen-bond acceptors (Lipinski definition) is 5. The Morgan fingerprint density at radius 3 is 1.86 bits per heavy atom. The number of nitrogens with zero attached hydrogens (tertiary/aromatic N) is 2. The fourth-order valence-electron chi connectivity index (χ4n) is 2.69. The van der Waals surface area contributed by atoms with Gasteiger partial charge in [-0.1, -0.05) is 36.4 Å². The van der Waals surface area contributed by atoms with Gasteiger partial charge in [0.05, 0.1) is 0 Å². The zero-order valence-corrected chi connectivity index (χ0v) is 18.0. The predicted molar refractivity (Wildman–Crippen MR) is 107 cm³/mol. The molecule has 0 saturated heterocycles. The molecule has 0 aliphatic heterocycles. The van der Waals surface area contributed by atoms with Crippen molar-refractivity contribution in [2.45, 2.75) is 0 Å². The van der Waals surface area contributed by atoms with Gasteiger partial charge in [0.1, 0.15) is 22.8 Å². The molecule has 0 fully saturated rings. The summed E-state index contributed by atoms with van der Waals surface area (Å²) >= 11 is 0. The first kappa shape index (κ1) is 19.5. The topological polar surface area (TPSA) is 78.3 Å². The molecule has 2 N–H and O–H groups in total. The molecule has 4 aromatic rings. The monoisotopic (exact) mass is 420 g/mol. The van der Waals surface area contributed by atoms with Gasteiger partial charge >= 0.3 is 0 Å². The average Bonchev–Trinajstić information content (AvgIpc) is 3.04. The number of aliphatic imine (C=N–C) groups is 2. The van der Waals surface area contributed by atoms with Crippen LogP contribution in [0.15, 0.2) is 87.2 Å². The standard InChI is InChI=1S/C22H16N2O3.Zn/c25-18-10-4-1-7-15(18)13-23-21-17-9-3-6-12-20(17)27-22(21)24-14-16-8-2-5-11-19(16)26;/h1-14,25-26H;. The molecule has 5 nitrogen and oxygen atoms in total. The summed E-state index contributed by atoms with van der Waals surface area (Å²) in [6, 6.07) is 21.4. The molecule has 28 heavy (non-hydrogen) atoms. The summed E-state index contributed by atoms with van der Waals surface area (Å²) < 4.78 is 5.82. The summed E-state index contributed by atoms with van der Waals surface area (Å²) in [7, 11) is 0. The Hall–Kier alpha value is -3.24. The molecule has 0 unspecified atom stereocenters. The summed E-state index contributed by atoms with van der Waals surface area (Å²) in [5.41, 5.74) is 2.39. The van der Waals surface area contributed by atoms with Crippen LogP contribution < -0.4 is 0 Å². The number of phenolic OH excluding ortho intramolecular Hbond substituents is 2. The molecule has 6 heteroatoms. The fraction of sp³-hybridized carbons (Fsp3) is 0. The van der Waals surface area contributed by atoms with E-state index in [0.717, 1.165) is 5.39 Å². The number of benzene rings is 3. The van der Waals surface area contributed by atoms with Gasteiger partial charge in [-0.15, -0.1) is 0 Å². The first-order valence-electron chi connectivity index (χ1n) is 8.38. The van der Waals surface area contributed by atoms with Gasteiger partial charge in [-0.3, -0.25) is 0 Å². The van der Waals surface area contributed by atoms with Gasteiger partial charge < -0.3 is 14.6 Å². The van der Waals surface area contributed by atoms with Gasteiger partial charge in [0, 0.05) is 48.4 Å². The first-order chi connectivity index (χ1) is 13.2. The first-order valence-corrected chi connectivity index (χ1v) is 8.38. The van der Waals surface area contributed by atoms with Crippen LogP contribution in [-0.4, -0.2) is 22.6 Å². The van der Waals surface area contributed by atoms with Gasteiger partial charge in [0.25, 0.3) is 0 Å². The second kappa shape index (κ2) is 8.63. The predicted octanol–water partition coefficient (Wildman–Crippen LogP) is 5.34. The van der Waals surface area contributed by atoms with Crippen molar-refractivity contribution in [3.05, 3.63) is 83.9 Å². The average molecular weight is 422 g/mol. The van der Waals surface area contributed by atoms with Crippen molar-refractivity contribution < 1.29 is 34.1 Å². The molecular weight excluding hydrogens is 406 g/mol. The third-order valence-electron chi connectivity index (χ3n) is 4.08. The van der Waals surface area contributed by atoms with Crippen molar-refractivity contribution in [3.8, 4) is 11.5 Å². The normalized spacial score (nSPS) is 11.3. The van der Waals surface area contributed by atoms with Crippen molar-refractivity contribution in [1.82, 2.24) is 0 Å². The summed E-state index contributed by atoms with van der Waals surface area (Å²) in [5.74, 6) is 0.607. The molecule has 0 amide bonds. The van der Waals surface area contributed by atoms with E-state index in [0.29, 0.717) is 28.3 Å². The van der Waals surface area contributed by atoms with Crippen molar-refractivity contribution in [2.75, 3.05) is 0 Å². The zero-order chi connectivity index (χ0) is 18.6. The number of hydrogen-bond donors (Lipinski definition) is 2. The minimum absolute atomic E-state index is 0. The Bertz CT molecular complexity index is 1170. The van der Waals surface area contributed by atoms with Crippen LogP contribution in [0.5, 0.6) is 11.5 Å². The van der Waals surface area contributed by atoms with E-state index in [1.54, 1.807) is 42.6 Å². The number of phenols is 2. The minimum atomic E-state index is 0. The van der Waals surface area contributed by atoms with Crippen LogP contribution in [-0.2, 0) is 19.5 Å². The maximum absolute atomic E-state index is 9.93. The molecule has 0 bridgehead atoms. The van der Waals surface area contributed by atoms with Crippen molar-refractivity contribution in [2.24, 2.45) is 9.98 Å². The van der Waals surface area contributed by atoms with Gasteiger partial charge in [-0.2, -0.15) is 0 Å². The second-order valence-electron chi connectivity index (χ2n) is 5.89. The number of aromatic hydroxyl groups is 2. The van der Waals surface area contributed by atoms with Crippen LogP contribution in [0.3, 0.4) is 0 Å². The van der Waals surface area contributed by atoms with E-state index in [2.05, 4.69) is 9.98 Å². The number of para-hydroxylation sites is 3. The van der Waals surface area contributed by atoms with Crippen LogP contribution in [0.4, 0.5) is 11.6 Å². The van der Waals surface area contributed by atoms with E-state index in [1.165, 1.54) is 6.21 Å². The van der Waals surface area contributed by atoms with Gasteiger partial charge in [0.15, 0.2) is 0 Å². The Balaban J connectivity index is 0.00000225. The fourth-order valence-corrected chi connectivity index (χ4v) is 2.69. The smallest absolute Gasteiger partial charge is 0.246 e. The third kappa shape index (κ3) is 4.02. The maximum atomic E-state index is 9.93. The molecule has 0 spiro atoms. The summed E-state index contributed by atoms with van der Waals surface area (Å²) in [5, 5.41) is 20.6. The number of furan rings is 1. The largest absolute Gasteiger partial charge is 0.507 e. The summed E-state index contributed by atoms with van der Waals surface area (Å²) in [4.78, 5) is 8.89. The van der Waals surface area contributed by atoms with Crippen LogP contribution in [0.2, 0.25) is 0 Å². The van der Waals surface area contributed by atoms with E-state index in [1.807, 2.05) is 36.4 Å². The van der Waals surface area contributed by atoms with Crippen molar-refractivity contribution in [1.29, 1.82) is 0 Å². The van der Waals surface area contributed by atoms with Crippen LogP contribution >= 0.6 is 0 Å². The molecule has 1 aromatic heterocycles. The van der Waals surface area contributed by atoms with Crippen molar-refractivity contribution >= 4 is 35.0 Å². The minimum Gasteiger partial charge on any atom is -0.507 e. The van der Waals surface area contributed by atoms with E-state index >= 15 is 0 Å². The zero-order valence-electron chi connectivity index (χ0n) is 15.0. The summed E-state index contributed by atoms with van der Waals surface area (Å²) in [6.45, 7) is 0. The maximum Gasteiger partial charge on any atom is 0.246 e. The Morgan fingerprint density at radius 2 is 1.21 bits per heavy atom. The van der Waals surface area contributed by atoms with Gasteiger partial charge in [-0.25, -0.2) is 9.98 Å². The molecule has 1 heterocycles. The molecule has 0 radical (unpaired) electrons. The molecule has 0 aliphatic carbocycles. The van der Waals surface area contributed by atoms with E-state index in [4.69, 9.17) is 4.42 Å². The van der Waals surface area contributed by atoms with Gasteiger partial charge in [-0.05, 0) is 36.4 Å². The quantitative estimate of drug-likeness (QED) is 0.345. The second-order valence-corrected chi connectivity index (χ2v) is 5.89. The molecule has 0 aliphatic rings. The van der Waals surface area contributed by atoms with Crippen LogP contribution in [0.1, 0.15) is 11.1 Å². The SMILES string of the molecule is Oc1ccccc1C=Nc1oc2ccccc2c1N=Cc1ccccc1O.[Zn]. The number of fused-ring (bicyclic) bond motifs is 1. The van der Waals surface area contributed by atoms with E-state index in [9.17, 15) is 10.2 Å². The molecule has 0 saturated carbocycles. The number of rotatable bonds is 4. The van der Waals surface area contributed by atoms with Gasteiger partial charge in [0.2, 0.25) is 5.88 Å². The van der Waals surface area contributed by atoms with E-state index in [-0.39, 0.29) is 31.0 Å². The molecule has 3 aromatic carbocycles.